The fourth-order valence-electron chi connectivity index (χ4n) is 3.01. The number of halogens is 1. The molecule has 0 aliphatic carbocycles. The zero-order valence-electron chi connectivity index (χ0n) is 15.1. The average molecular weight is 383 g/mol. The number of nitrogens with one attached hydrogen (secondary N) is 3. The number of methoxy groups -OCH3 is 1. The van der Waals surface area contributed by atoms with Crippen LogP contribution in [0.25, 0.3) is 0 Å². The average Bonchev–Trinajstić information content (AvgIpc) is 2.64. The van der Waals surface area contributed by atoms with Crippen molar-refractivity contribution in [3.8, 4) is 0 Å². The summed E-state index contributed by atoms with van der Waals surface area (Å²) in [4.78, 5) is 36.6. The van der Waals surface area contributed by atoms with Crippen LogP contribution in [0.3, 0.4) is 0 Å². The zero-order chi connectivity index (χ0) is 19.1. The molecule has 1 heterocycles. The van der Waals surface area contributed by atoms with Gasteiger partial charge >= 0.3 is 5.97 Å². The first kappa shape index (κ1) is 20.2. The van der Waals surface area contributed by atoms with Gasteiger partial charge in [-0.25, -0.2) is 0 Å². The number of hydrogen-bond donors (Lipinski definition) is 3. The van der Waals surface area contributed by atoms with Crippen LogP contribution in [0, 0.1) is 12.8 Å². The van der Waals surface area contributed by atoms with Crippen LogP contribution in [-0.2, 0) is 19.1 Å². The molecule has 1 aliphatic heterocycles. The van der Waals surface area contributed by atoms with Crippen molar-refractivity contribution in [2.45, 2.75) is 19.8 Å². The molecular formula is C18H25ClN3O4+. The molecule has 0 bridgehead atoms. The van der Waals surface area contributed by atoms with E-state index in [4.69, 9.17) is 16.3 Å². The minimum atomic E-state index is -0.303. The summed E-state index contributed by atoms with van der Waals surface area (Å²) >= 11 is 6.02. The van der Waals surface area contributed by atoms with Gasteiger partial charge in [-0.3, -0.25) is 14.4 Å². The first-order chi connectivity index (χ1) is 12.4. The number of anilines is 1. The smallest absolute Gasteiger partial charge is 0.309 e. The van der Waals surface area contributed by atoms with Crippen molar-refractivity contribution in [1.82, 2.24) is 5.32 Å². The molecule has 142 valence electrons. The number of carbonyl (C=O) groups is 3. The second kappa shape index (κ2) is 9.54. The van der Waals surface area contributed by atoms with Gasteiger partial charge in [0.25, 0.3) is 5.91 Å². The van der Waals surface area contributed by atoms with Gasteiger partial charge in [-0.15, -0.1) is 0 Å². The molecule has 0 radical (unpaired) electrons. The summed E-state index contributed by atoms with van der Waals surface area (Å²) < 4.78 is 4.76. The van der Waals surface area contributed by atoms with Gasteiger partial charge in [0.2, 0.25) is 5.91 Å². The monoisotopic (exact) mass is 382 g/mol. The van der Waals surface area contributed by atoms with Gasteiger partial charge in [-0.05, 0) is 24.6 Å². The maximum atomic E-state index is 12.0. The summed E-state index contributed by atoms with van der Waals surface area (Å²) in [7, 11) is 1.39. The normalized spacial score (nSPS) is 19.5. The van der Waals surface area contributed by atoms with Gasteiger partial charge in [0.05, 0.1) is 32.7 Å². The Hall–Kier alpha value is -2.12. The highest BCUT2D eigenvalue weighted by Gasteiger charge is 2.29. The maximum absolute atomic E-state index is 12.0. The molecule has 0 atom stereocenters. The summed E-state index contributed by atoms with van der Waals surface area (Å²) in [5, 5.41) is 5.95. The molecule has 2 amide bonds. The van der Waals surface area contributed by atoms with Crippen LogP contribution >= 0.6 is 11.6 Å². The van der Waals surface area contributed by atoms with E-state index in [2.05, 4.69) is 10.6 Å². The van der Waals surface area contributed by atoms with Crippen molar-refractivity contribution in [2.75, 3.05) is 38.6 Å². The predicted molar refractivity (Wildman–Crippen MR) is 98.1 cm³/mol. The molecule has 0 saturated carbocycles. The van der Waals surface area contributed by atoms with E-state index >= 15 is 0 Å². The second-order valence-electron chi connectivity index (χ2n) is 6.46. The van der Waals surface area contributed by atoms with Crippen LogP contribution in [0.15, 0.2) is 18.2 Å². The van der Waals surface area contributed by atoms with E-state index in [9.17, 15) is 14.4 Å². The van der Waals surface area contributed by atoms with Crippen LogP contribution in [-0.4, -0.2) is 51.1 Å². The molecule has 26 heavy (non-hydrogen) atoms. The third-order valence-corrected chi connectivity index (χ3v) is 5.04. The van der Waals surface area contributed by atoms with Gasteiger partial charge < -0.3 is 20.3 Å². The number of piperidine rings is 1. The number of hydrogen-bond acceptors (Lipinski definition) is 4. The molecular weight excluding hydrogens is 358 g/mol. The van der Waals surface area contributed by atoms with Gasteiger partial charge in [0.1, 0.15) is 0 Å². The molecule has 3 N–H and O–H groups in total. The lowest BCUT2D eigenvalue weighted by atomic mass is 9.97. The van der Waals surface area contributed by atoms with Crippen molar-refractivity contribution in [3.05, 3.63) is 28.8 Å². The minimum absolute atomic E-state index is 0.0708. The number of amides is 2. The molecule has 1 aliphatic rings. The Morgan fingerprint density at radius 3 is 2.58 bits per heavy atom. The van der Waals surface area contributed by atoms with E-state index in [1.165, 1.54) is 7.11 Å². The fraction of sp³-hybridized carbons (Fsp3) is 0.500. The van der Waals surface area contributed by atoms with Gasteiger partial charge in [-0.1, -0.05) is 17.7 Å². The van der Waals surface area contributed by atoms with Crippen LogP contribution in [0.1, 0.15) is 18.4 Å². The standard InChI is InChI=1S/C18H24ClN3O4/c1-12-14(19)4-3-5-15(12)21-16(23)10-20-17(24)11-22-8-6-13(7-9-22)18(25)26-2/h3-5,13H,6-11H2,1-2H3,(H,20,24)(H,21,23)/p+1. The third kappa shape index (κ3) is 5.71. The molecule has 1 saturated heterocycles. The molecule has 1 fully saturated rings. The lowest BCUT2D eigenvalue weighted by molar-refractivity contribution is -0.897. The van der Waals surface area contributed by atoms with E-state index < -0.39 is 0 Å². The predicted octanol–water partition coefficient (Wildman–Crippen LogP) is 0.171. The summed E-state index contributed by atoms with van der Waals surface area (Å²) in [6, 6.07) is 5.27. The van der Waals surface area contributed by atoms with Crippen molar-refractivity contribution in [1.29, 1.82) is 0 Å². The lowest BCUT2D eigenvalue weighted by Crippen LogP contribution is -3.14. The van der Waals surface area contributed by atoms with Crippen LogP contribution in [0.4, 0.5) is 5.69 Å². The highest BCUT2D eigenvalue weighted by molar-refractivity contribution is 6.31. The highest BCUT2D eigenvalue weighted by Crippen LogP contribution is 2.22. The Kier molecular flexibility index (Phi) is 7.41. The number of esters is 1. The quantitative estimate of drug-likeness (QED) is 0.612. The lowest BCUT2D eigenvalue weighted by Gasteiger charge is -2.27. The number of likely N-dealkylation sites (tertiary alicyclic amines) is 1. The number of ether oxygens (including phenoxy) is 1. The Balaban J connectivity index is 1.71. The van der Waals surface area contributed by atoms with Crippen LogP contribution in [0.2, 0.25) is 5.02 Å². The van der Waals surface area contributed by atoms with Gasteiger partial charge in [-0.2, -0.15) is 0 Å². The SMILES string of the molecule is COC(=O)C1CC[NH+](CC(=O)NCC(=O)Nc2cccc(Cl)c2C)CC1. The minimum Gasteiger partial charge on any atom is -0.469 e. The molecule has 0 unspecified atom stereocenters. The van der Waals surface area contributed by atoms with Crippen molar-refractivity contribution >= 4 is 35.1 Å². The topological polar surface area (TPSA) is 88.9 Å². The Morgan fingerprint density at radius 1 is 1.23 bits per heavy atom. The molecule has 1 aromatic carbocycles. The van der Waals surface area contributed by atoms with E-state index in [1.54, 1.807) is 18.2 Å². The molecule has 1 aromatic rings. The number of carbonyl (C=O) groups excluding carboxylic acids is 3. The largest absolute Gasteiger partial charge is 0.469 e. The van der Waals surface area contributed by atoms with Crippen LogP contribution in [0.5, 0.6) is 0 Å². The Morgan fingerprint density at radius 2 is 1.92 bits per heavy atom. The first-order valence-electron chi connectivity index (χ1n) is 8.63. The zero-order valence-corrected chi connectivity index (χ0v) is 15.8. The summed E-state index contributed by atoms with van der Waals surface area (Å²) in [6.07, 6.45) is 1.42. The van der Waals surface area contributed by atoms with Gasteiger partial charge in [0.15, 0.2) is 6.54 Å². The van der Waals surface area contributed by atoms with Crippen molar-refractivity contribution < 1.29 is 24.0 Å². The number of benzene rings is 1. The summed E-state index contributed by atoms with van der Waals surface area (Å²) in [6.45, 7) is 3.49. The van der Waals surface area contributed by atoms with E-state index in [1.807, 2.05) is 6.92 Å². The molecule has 0 spiro atoms. The van der Waals surface area contributed by atoms with E-state index in [0.29, 0.717) is 23.6 Å². The summed E-state index contributed by atoms with van der Waals surface area (Å²) in [5.41, 5.74) is 1.42. The third-order valence-electron chi connectivity index (χ3n) is 4.63. The number of rotatable bonds is 6. The molecule has 2 rings (SSSR count). The molecule has 0 aromatic heterocycles. The van der Waals surface area contributed by atoms with E-state index in [0.717, 1.165) is 23.6 Å². The van der Waals surface area contributed by atoms with Crippen molar-refractivity contribution in [2.24, 2.45) is 5.92 Å². The summed E-state index contributed by atoms with van der Waals surface area (Å²) in [5.74, 6) is -0.738. The maximum Gasteiger partial charge on any atom is 0.309 e. The first-order valence-corrected chi connectivity index (χ1v) is 9.01. The molecule has 8 heteroatoms. The fourth-order valence-corrected chi connectivity index (χ4v) is 3.19. The van der Waals surface area contributed by atoms with Crippen LogP contribution < -0.4 is 15.5 Å². The Bertz CT molecular complexity index is 672. The highest BCUT2D eigenvalue weighted by atomic mass is 35.5. The number of quaternary nitrogens is 1. The second-order valence-corrected chi connectivity index (χ2v) is 6.87. The van der Waals surface area contributed by atoms with E-state index in [-0.39, 0.29) is 36.8 Å². The molecule has 7 nitrogen and oxygen atoms in total. The van der Waals surface area contributed by atoms with Gasteiger partial charge in [0, 0.05) is 23.6 Å². The van der Waals surface area contributed by atoms with Crippen molar-refractivity contribution in [3.63, 3.8) is 0 Å². The Labute approximate surface area is 158 Å².